The number of carbonyl (C=O) groups excluding carboxylic acids is 1. The number of nitrogens with zero attached hydrogens (tertiary/aromatic N) is 2. The number of nitrogens with one attached hydrogen (secondary N) is 2. The quantitative estimate of drug-likeness (QED) is 0.589. The summed E-state index contributed by atoms with van der Waals surface area (Å²) in [6, 6.07) is 19.1. The van der Waals surface area contributed by atoms with Crippen molar-refractivity contribution in [3.63, 3.8) is 0 Å². The number of aromatic nitrogens is 2. The van der Waals surface area contributed by atoms with Crippen molar-refractivity contribution >= 4 is 23.4 Å². The van der Waals surface area contributed by atoms with Crippen molar-refractivity contribution in [2.75, 3.05) is 23.8 Å². The topological polar surface area (TPSA) is 76.1 Å². The van der Waals surface area contributed by atoms with E-state index < -0.39 is 0 Å². The van der Waals surface area contributed by atoms with Crippen molar-refractivity contribution in [2.45, 2.75) is 13.3 Å². The molecule has 1 heterocycles. The number of esters is 1. The van der Waals surface area contributed by atoms with Gasteiger partial charge in [0.05, 0.1) is 12.2 Å². The summed E-state index contributed by atoms with van der Waals surface area (Å²) < 4.78 is 4.98. The van der Waals surface area contributed by atoms with E-state index in [1.54, 1.807) is 37.4 Å². The maximum absolute atomic E-state index is 11.7. The number of rotatable bonds is 8. The molecule has 2 aromatic carbocycles. The maximum Gasteiger partial charge on any atom is 0.338 e. The van der Waals surface area contributed by atoms with Crippen LogP contribution in [0.25, 0.3) is 0 Å². The summed E-state index contributed by atoms with van der Waals surface area (Å²) in [5.74, 6) is 0.917. The molecular weight excluding hydrogens is 340 g/mol. The zero-order valence-electron chi connectivity index (χ0n) is 15.2. The number of benzene rings is 2. The van der Waals surface area contributed by atoms with E-state index in [2.05, 4.69) is 32.7 Å². The van der Waals surface area contributed by atoms with Gasteiger partial charge in [-0.15, -0.1) is 0 Å². The Morgan fingerprint density at radius 3 is 2.56 bits per heavy atom. The van der Waals surface area contributed by atoms with Crippen LogP contribution in [0.3, 0.4) is 0 Å². The van der Waals surface area contributed by atoms with Gasteiger partial charge in [-0.05, 0) is 49.2 Å². The molecule has 0 saturated carbocycles. The smallest absolute Gasteiger partial charge is 0.338 e. The van der Waals surface area contributed by atoms with Gasteiger partial charge in [-0.3, -0.25) is 0 Å². The van der Waals surface area contributed by atoms with Crippen molar-refractivity contribution in [3.05, 3.63) is 78.0 Å². The first-order chi connectivity index (χ1) is 13.2. The molecule has 138 valence electrons. The van der Waals surface area contributed by atoms with E-state index in [1.165, 1.54) is 5.56 Å². The molecule has 0 aliphatic rings. The van der Waals surface area contributed by atoms with Crippen LogP contribution in [0.1, 0.15) is 22.8 Å². The van der Waals surface area contributed by atoms with Crippen LogP contribution >= 0.6 is 0 Å². The number of carbonyl (C=O) groups is 1. The van der Waals surface area contributed by atoms with E-state index >= 15 is 0 Å². The van der Waals surface area contributed by atoms with Gasteiger partial charge < -0.3 is 15.4 Å². The number of anilines is 3. The molecule has 27 heavy (non-hydrogen) atoms. The van der Waals surface area contributed by atoms with E-state index in [-0.39, 0.29) is 5.97 Å². The number of hydrogen-bond acceptors (Lipinski definition) is 6. The lowest BCUT2D eigenvalue weighted by atomic mass is 10.1. The van der Waals surface area contributed by atoms with Gasteiger partial charge in [-0.1, -0.05) is 30.3 Å². The van der Waals surface area contributed by atoms with Crippen molar-refractivity contribution in [1.82, 2.24) is 9.97 Å². The third kappa shape index (κ3) is 5.54. The Hall–Kier alpha value is -3.41. The molecule has 0 radical (unpaired) electrons. The Morgan fingerprint density at radius 2 is 1.81 bits per heavy atom. The van der Waals surface area contributed by atoms with Gasteiger partial charge in [-0.2, -0.15) is 4.98 Å². The van der Waals surface area contributed by atoms with Crippen LogP contribution in [-0.4, -0.2) is 29.1 Å². The van der Waals surface area contributed by atoms with Crippen molar-refractivity contribution < 1.29 is 9.53 Å². The first-order valence-electron chi connectivity index (χ1n) is 8.89. The standard InChI is InChI=1S/C21H22N4O2/c1-2-27-20(26)17-8-10-18(11-9-17)24-21-23-15-13-19(25-21)22-14-12-16-6-4-3-5-7-16/h3-11,13,15H,2,12,14H2,1H3,(H2,22,23,24,25). The molecule has 0 spiro atoms. The summed E-state index contributed by atoms with van der Waals surface area (Å²) in [5.41, 5.74) is 2.59. The SMILES string of the molecule is CCOC(=O)c1ccc(Nc2nccc(NCCc3ccccc3)n2)cc1. The third-order valence-electron chi connectivity index (χ3n) is 3.87. The minimum atomic E-state index is -0.329. The first kappa shape index (κ1) is 18.4. The van der Waals surface area contributed by atoms with E-state index in [9.17, 15) is 4.79 Å². The highest BCUT2D eigenvalue weighted by atomic mass is 16.5. The zero-order chi connectivity index (χ0) is 18.9. The Bertz CT molecular complexity index is 867. The van der Waals surface area contributed by atoms with Crippen molar-refractivity contribution in [1.29, 1.82) is 0 Å². The highest BCUT2D eigenvalue weighted by Crippen LogP contribution is 2.16. The Labute approximate surface area is 158 Å². The predicted octanol–water partition coefficient (Wildman–Crippen LogP) is 4.05. The number of ether oxygens (including phenoxy) is 1. The highest BCUT2D eigenvalue weighted by molar-refractivity contribution is 5.89. The molecule has 0 amide bonds. The molecule has 1 aromatic heterocycles. The molecule has 2 N–H and O–H groups in total. The minimum Gasteiger partial charge on any atom is -0.462 e. The molecule has 0 bridgehead atoms. The van der Waals surface area contributed by atoms with E-state index in [1.807, 2.05) is 24.3 Å². The molecule has 0 atom stereocenters. The van der Waals surface area contributed by atoms with Gasteiger partial charge in [0.1, 0.15) is 5.82 Å². The lowest BCUT2D eigenvalue weighted by Crippen LogP contribution is -2.08. The van der Waals surface area contributed by atoms with Gasteiger partial charge in [0.2, 0.25) is 5.95 Å². The van der Waals surface area contributed by atoms with Crippen LogP contribution < -0.4 is 10.6 Å². The van der Waals surface area contributed by atoms with Gasteiger partial charge in [-0.25, -0.2) is 9.78 Å². The molecule has 6 heteroatoms. The fourth-order valence-electron chi connectivity index (χ4n) is 2.53. The van der Waals surface area contributed by atoms with Crippen LogP contribution in [0.5, 0.6) is 0 Å². The number of hydrogen-bond donors (Lipinski definition) is 2. The van der Waals surface area contributed by atoms with E-state index in [0.717, 1.165) is 24.5 Å². The van der Waals surface area contributed by atoms with E-state index in [0.29, 0.717) is 18.1 Å². The van der Waals surface area contributed by atoms with Gasteiger partial charge in [0, 0.05) is 18.4 Å². The molecule has 0 unspecified atom stereocenters. The van der Waals surface area contributed by atoms with Crippen LogP contribution in [0.4, 0.5) is 17.5 Å². The lowest BCUT2D eigenvalue weighted by molar-refractivity contribution is 0.0526. The van der Waals surface area contributed by atoms with Gasteiger partial charge in [0.25, 0.3) is 0 Å². The van der Waals surface area contributed by atoms with E-state index in [4.69, 9.17) is 4.74 Å². The average Bonchev–Trinajstić information content (AvgIpc) is 2.70. The summed E-state index contributed by atoms with van der Waals surface area (Å²) >= 11 is 0. The van der Waals surface area contributed by atoms with Crippen molar-refractivity contribution in [2.24, 2.45) is 0 Å². The predicted molar refractivity (Wildman–Crippen MR) is 106 cm³/mol. The van der Waals surface area contributed by atoms with Crippen LogP contribution in [0.2, 0.25) is 0 Å². The molecule has 0 aliphatic carbocycles. The fraction of sp³-hybridized carbons (Fsp3) is 0.190. The third-order valence-corrected chi connectivity index (χ3v) is 3.87. The molecule has 3 rings (SSSR count). The monoisotopic (exact) mass is 362 g/mol. The first-order valence-corrected chi connectivity index (χ1v) is 8.89. The summed E-state index contributed by atoms with van der Waals surface area (Å²) in [6.45, 7) is 2.93. The maximum atomic E-state index is 11.7. The Balaban J connectivity index is 1.56. The summed E-state index contributed by atoms with van der Waals surface area (Å²) in [6.07, 6.45) is 2.62. The second kappa shape index (κ2) is 9.33. The van der Waals surface area contributed by atoms with Crippen molar-refractivity contribution in [3.8, 4) is 0 Å². The summed E-state index contributed by atoms with van der Waals surface area (Å²) in [7, 11) is 0. The largest absolute Gasteiger partial charge is 0.462 e. The van der Waals surface area contributed by atoms with Crippen LogP contribution in [0.15, 0.2) is 66.9 Å². The molecule has 0 aliphatic heterocycles. The van der Waals surface area contributed by atoms with Crippen LogP contribution in [-0.2, 0) is 11.2 Å². The van der Waals surface area contributed by atoms with Crippen LogP contribution in [0, 0.1) is 0 Å². The van der Waals surface area contributed by atoms with Gasteiger partial charge in [0.15, 0.2) is 0 Å². The fourth-order valence-corrected chi connectivity index (χ4v) is 2.53. The Morgan fingerprint density at radius 1 is 1.04 bits per heavy atom. The minimum absolute atomic E-state index is 0.329. The normalized spacial score (nSPS) is 10.3. The second-order valence-corrected chi connectivity index (χ2v) is 5.85. The average molecular weight is 362 g/mol. The summed E-state index contributed by atoms with van der Waals surface area (Å²) in [5, 5.41) is 6.44. The summed E-state index contributed by atoms with van der Waals surface area (Å²) in [4.78, 5) is 20.4. The molecule has 3 aromatic rings. The molecule has 6 nitrogen and oxygen atoms in total. The zero-order valence-corrected chi connectivity index (χ0v) is 15.2. The second-order valence-electron chi connectivity index (χ2n) is 5.85. The highest BCUT2D eigenvalue weighted by Gasteiger charge is 2.06. The molecular formula is C21H22N4O2. The molecule has 0 fully saturated rings. The van der Waals surface area contributed by atoms with Gasteiger partial charge >= 0.3 is 5.97 Å². The Kier molecular flexibility index (Phi) is 6.35. The lowest BCUT2D eigenvalue weighted by Gasteiger charge is -2.09. The molecule has 0 saturated heterocycles.